The Morgan fingerprint density at radius 2 is 2.04 bits per heavy atom. The average Bonchev–Trinajstić information content (AvgIpc) is 2.74. The van der Waals surface area contributed by atoms with Crippen LogP contribution < -0.4 is 15.4 Å². The first kappa shape index (κ1) is 17.8. The predicted octanol–water partition coefficient (Wildman–Crippen LogP) is 3.39. The molecule has 0 bridgehead atoms. The third-order valence-corrected chi connectivity index (χ3v) is 5.26. The van der Waals surface area contributed by atoms with Crippen LogP contribution in [0.25, 0.3) is 0 Å². The Hall–Kier alpha value is -3.59. The van der Waals surface area contributed by atoms with Crippen LogP contribution >= 0.6 is 0 Å². The zero-order chi connectivity index (χ0) is 19.7. The predicted molar refractivity (Wildman–Crippen MR) is 105 cm³/mol. The molecule has 1 aliphatic heterocycles. The number of nitriles is 1. The van der Waals surface area contributed by atoms with Gasteiger partial charge in [-0.3, -0.25) is 14.7 Å². The van der Waals surface area contributed by atoms with Gasteiger partial charge in [-0.25, -0.2) is 0 Å². The van der Waals surface area contributed by atoms with Gasteiger partial charge in [0.25, 0.3) is 0 Å². The summed E-state index contributed by atoms with van der Waals surface area (Å²) in [6.07, 6.45) is 5.34. The molecule has 4 rings (SSSR count). The average molecular weight is 372 g/mol. The summed E-state index contributed by atoms with van der Waals surface area (Å²) in [6, 6.07) is 13.4. The van der Waals surface area contributed by atoms with Gasteiger partial charge in [0, 0.05) is 35.8 Å². The monoisotopic (exact) mass is 372 g/mol. The Balaban J connectivity index is 1.93. The maximum absolute atomic E-state index is 13.0. The van der Waals surface area contributed by atoms with E-state index in [2.05, 4.69) is 11.1 Å². The van der Waals surface area contributed by atoms with Gasteiger partial charge in [-0.1, -0.05) is 6.07 Å². The fraction of sp³-hybridized carbons (Fsp3) is 0.227. The summed E-state index contributed by atoms with van der Waals surface area (Å²) in [7, 11) is 1.61. The van der Waals surface area contributed by atoms with Crippen molar-refractivity contribution < 1.29 is 9.53 Å². The fourth-order valence-corrected chi connectivity index (χ4v) is 3.99. The molecule has 1 unspecified atom stereocenters. The maximum Gasteiger partial charge on any atom is 0.161 e. The number of anilines is 1. The molecular formula is C22H20N4O2. The Labute approximate surface area is 163 Å². The molecule has 2 N–H and O–H groups in total. The smallest absolute Gasteiger partial charge is 0.161 e. The van der Waals surface area contributed by atoms with E-state index in [0.717, 1.165) is 35.5 Å². The van der Waals surface area contributed by atoms with Crippen molar-refractivity contribution in [3.05, 3.63) is 77.0 Å². The van der Waals surface area contributed by atoms with Crippen molar-refractivity contribution in [1.82, 2.24) is 4.98 Å². The van der Waals surface area contributed by atoms with E-state index in [1.165, 1.54) is 0 Å². The molecule has 1 atom stereocenters. The molecule has 0 fully saturated rings. The van der Waals surface area contributed by atoms with Crippen molar-refractivity contribution in [2.75, 3.05) is 12.0 Å². The number of Topliss-reactive ketones (excluding diaryl/α,β-unsaturated/α-hetero) is 1. The minimum Gasteiger partial charge on any atom is -0.497 e. The van der Waals surface area contributed by atoms with Crippen molar-refractivity contribution in [1.29, 1.82) is 5.26 Å². The number of pyridine rings is 1. The van der Waals surface area contributed by atoms with E-state index in [0.29, 0.717) is 23.4 Å². The molecule has 0 spiro atoms. The van der Waals surface area contributed by atoms with Crippen LogP contribution in [0.4, 0.5) is 5.69 Å². The number of aromatic nitrogens is 1. The van der Waals surface area contributed by atoms with Crippen LogP contribution in [0.2, 0.25) is 0 Å². The molecule has 2 aromatic rings. The van der Waals surface area contributed by atoms with Crippen molar-refractivity contribution in [2.45, 2.75) is 25.2 Å². The Bertz CT molecular complexity index is 1020. The third kappa shape index (κ3) is 2.81. The SMILES string of the molecule is COc1ccc(N2C(N)=C(C#N)C(c3cccnc3)C3=C2CCCC3=O)cc1. The molecule has 28 heavy (non-hydrogen) atoms. The highest BCUT2D eigenvalue weighted by Gasteiger charge is 2.40. The molecule has 2 heterocycles. The topological polar surface area (TPSA) is 92.2 Å². The molecule has 0 amide bonds. The molecule has 0 saturated heterocycles. The van der Waals surface area contributed by atoms with Gasteiger partial charge < -0.3 is 10.5 Å². The largest absolute Gasteiger partial charge is 0.497 e. The molecule has 1 aromatic carbocycles. The van der Waals surface area contributed by atoms with E-state index in [1.54, 1.807) is 19.5 Å². The highest BCUT2D eigenvalue weighted by atomic mass is 16.5. The number of carbonyl (C=O) groups excluding carboxylic acids is 1. The van der Waals surface area contributed by atoms with Crippen LogP contribution in [0.3, 0.4) is 0 Å². The number of benzene rings is 1. The lowest BCUT2D eigenvalue weighted by Gasteiger charge is -2.39. The lowest BCUT2D eigenvalue weighted by molar-refractivity contribution is -0.116. The summed E-state index contributed by atoms with van der Waals surface area (Å²) < 4.78 is 5.24. The second kappa shape index (κ2) is 7.20. The summed E-state index contributed by atoms with van der Waals surface area (Å²) in [5, 5.41) is 9.93. The van der Waals surface area contributed by atoms with Gasteiger partial charge in [-0.2, -0.15) is 5.26 Å². The second-order valence-electron chi connectivity index (χ2n) is 6.80. The zero-order valence-electron chi connectivity index (χ0n) is 15.6. The quantitative estimate of drug-likeness (QED) is 0.888. The van der Waals surface area contributed by atoms with Crippen LogP contribution in [-0.2, 0) is 4.79 Å². The zero-order valence-corrected chi connectivity index (χ0v) is 15.6. The first-order chi connectivity index (χ1) is 13.7. The summed E-state index contributed by atoms with van der Waals surface area (Å²) in [5.41, 5.74) is 10.0. The number of allylic oxidation sites excluding steroid dienone is 3. The van der Waals surface area contributed by atoms with Crippen LogP contribution in [-0.4, -0.2) is 17.9 Å². The minimum absolute atomic E-state index is 0.0638. The number of ether oxygens (including phenoxy) is 1. The summed E-state index contributed by atoms with van der Waals surface area (Å²) in [6.45, 7) is 0. The van der Waals surface area contributed by atoms with Crippen molar-refractivity contribution in [3.8, 4) is 11.8 Å². The standard InChI is InChI=1S/C22H20N4O2/c1-28-16-9-7-15(8-10-16)26-18-5-2-6-19(27)21(18)20(17(12-23)22(26)24)14-4-3-11-25-13-14/h3-4,7-11,13,20H,2,5-6,24H2,1H3. The van der Waals surface area contributed by atoms with Gasteiger partial charge in [-0.15, -0.1) is 0 Å². The Morgan fingerprint density at radius 3 is 2.68 bits per heavy atom. The Kier molecular flexibility index (Phi) is 4.58. The minimum atomic E-state index is -0.476. The Morgan fingerprint density at radius 1 is 1.25 bits per heavy atom. The maximum atomic E-state index is 13.0. The molecule has 2 aliphatic rings. The number of hydrogen-bond acceptors (Lipinski definition) is 6. The number of nitrogens with two attached hydrogens (primary N) is 1. The van der Waals surface area contributed by atoms with Crippen LogP contribution in [0.1, 0.15) is 30.7 Å². The highest BCUT2D eigenvalue weighted by Crippen LogP contribution is 2.46. The molecule has 6 heteroatoms. The number of carbonyl (C=O) groups is 1. The van der Waals surface area contributed by atoms with Crippen molar-refractivity contribution >= 4 is 11.5 Å². The van der Waals surface area contributed by atoms with E-state index < -0.39 is 5.92 Å². The summed E-state index contributed by atoms with van der Waals surface area (Å²) in [4.78, 5) is 19.0. The van der Waals surface area contributed by atoms with E-state index in [1.807, 2.05) is 41.3 Å². The molecule has 0 saturated carbocycles. The van der Waals surface area contributed by atoms with E-state index in [4.69, 9.17) is 10.5 Å². The van der Waals surface area contributed by atoms with Crippen LogP contribution in [0.5, 0.6) is 5.75 Å². The van der Waals surface area contributed by atoms with E-state index >= 15 is 0 Å². The number of ketones is 1. The van der Waals surface area contributed by atoms with Gasteiger partial charge >= 0.3 is 0 Å². The van der Waals surface area contributed by atoms with Crippen molar-refractivity contribution in [2.24, 2.45) is 5.73 Å². The van der Waals surface area contributed by atoms with Crippen LogP contribution in [0, 0.1) is 11.3 Å². The second-order valence-corrected chi connectivity index (χ2v) is 6.80. The first-order valence-electron chi connectivity index (χ1n) is 9.15. The van der Waals surface area contributed by atoms with Gasteiger partial charge in [0.05, 0.1) is 24.7 Å². The fourth-order valence-electron chi connectivity index (χ4n) is 3.99. The number of nitrogens with zero attached hydrogens (tertiary/aromatic N) is 3. The number of rotatable bonds is 3. The normalized spacial score (nSPS) is 19.4. The van der Waals surface area contributed by atoms with Gasteiger partial charge in [0.15, 0.2) is 5.78 Å². The first-order valence-corrected chi connectivity index (χ1v) is 9.15. The van der Waals surface area contributed by atoms with Crippen LogP contribution in [0.15, 0.2) is 71.5 Å². The van der Waals surface area contributed by atoms with Crippen molar-refractivity contribution in [3.63, 3.8) is 0 Å². The highest BCUT2D eigenvalue weighted by molar-refractivity contribution is 6.01. The van der Waals surface area contributed by atoms with Gasteiger partial charge in [0.2, 0.25) is 0 Å². The molecule has 1 aliphatic carbocycles. The molecule has 6 nitrogen and oxygen atoms in total. The van der Waals surface area contributed by atoms with Gasteiger partial charge in [0.1, 0.15) is 11.6 Å². The molecular weight excluding hydrogens is 352 g/mol. The number of hydrogen-bond donors (Lipinski definition) is 1. The molecule has 140 valence electrons. The molecule has 0 radical (unpaired) electrons. The lowest BCUT2D eigenvalue weighted by Crippen LogP contribution is -2.38. The van der Waals surface area contributed by atoms with E-state index in [-0.39, 0.29) is 5.78 Å². The summed E-state index contributed by atoms with van der Waals surface area (Å²) in [5.74, 6) is 0.672. The number of methoxy groups -OCH3 is 1. The van der Waals surface area contributed by atoms with E-state index in [9.17, 15) is 10.1 Å². The lowest BCUT2D eigenvalue weighted by atomic mass is 9.76. The van der Waals surface area contributed by atoms with Gasteiger partial charge in [-0.05, 0) is 48.7 Å². The third-order valence-electron chi connectivity index (χ3n) is 5.26. The summed E-state index contributed by atoms with van der Waals surface area (Å²) >= 11 is 0. The molecule has 1 aromatic heterocycles.